The van der Waals surface area contributed by atoms with Gasteiger partial charge >= 0.3 is 48.7 Å². The second kappa shape index (κ2) is 56.7. The molecule has 769 valence electrons. The number of aliphatic hydroxyl groups is 1. The van der Waals surface area contributed by atoms with Crippen molar-refractivity contribution in [2.75, 3.05) is 29.7 Å². The number of aromatic carboxylic acids is 2. The summed E-state index contributed by atoms with van der Waals surface area (Å²) in [5.41, 5.74) is 11.2. The van der Waals surface area contributed by atoms with Gasteiger partial charge in [0.2, 0.25) is 0 Å². The van der Waals surface area contributed by atoms with Crippen molar-refractivity contribution in [3.8, 4) is 34.5 Å². The summed E-state index contributed by atoms with van der Waals surface area (Å²) in [6, 6.07) is 63.8. The molecular weight excluding hydrogens is 2160 g/mol. The minimum atomic E-state index is -1.44. The summed E-state index contributed by atoms with van der Waals surface area (Å²) < 4.78 is 50.4. The van der Waals surface area contributed by atoms with E-state index in [-0.39, 0.29) is 125 Å². The van der Waals surface area contributed by atoms with Crippen molar-refractivity contribution >= 4 is 218 Å². The number of carbonyl (C=O) groups excluding carboxylic acids is 9. The number of nitrogens with two attached hydrogens (primary N) is 1. The van der Waals surface area contributed by atoms with Crippen LogP contribution in [-0.2, 0) is 59.2 Å². The van der Waals surface area contributed by atoms with E-state index in [1.54, 1.807) is 151 Å². The number of thioether (sulfide) groups is 5. The van der Waals surface area contributed by atoms with Gasteiger partial charge in [-0.1, -0.05) is 160 Å². The number of nitrogens with zero attached hydrogens (tertiary/aromatic N) is 3. The van der Waals surface area contributed by atoms with Gasteiger partial charge in [-0.05, 0) is 189 Å². The van der Waals surface area contributed by atoms with Crippen LogP contribution < -0.4 is 26.1 Å². The number of alkyl halides is 1. The first-order valence-corrected chi connectivity index (χ1v) is 51.8. The number of ether oxygens (including phenoxy) is 3. The number of aldehydes is 3. The Bertz CT molecular complexity index is 6530. The van der Waals surface area contributed by atoms with Crippen LogP contribution >= 0.6 is 113 Å². The van der Waals surface area contributed by atoms with Crippen LogP contribution in [0.15, 0.2) is 264 Å². The Morgan fingerprint density at radius 2 is 0.891 bits per heavy atom. The molecule has 1 atom stereocenters. The molecule has 0 aromatic heterocycles. The number of benzene rings is 11. The molecule has 11 aromatic rings. The molecule has 1 unspecified atom stereocenters. The zero-order valence-electron chi connectivity index (χ0n) is 80.0. The number of carbonyl (C=O) groups is 12. The van der Waals surface area contributed by atoms with Crippen molar-refractivity contribution in [1.29, 1.82) is 0 Å². The first-order chi connectivity index (χ1) is 69.7. The SMILES string of the molecule is CC(=O)O.CC1(C)OB(c2c(C=O)cccc2SCN2C(=O)c3ccccc3C2=O)OC1(C)C.CC1(C)Oc2c(cccc2C(=O)O)S1.CC1(C)Oc2ccccc2S1.NCSc1cccc2c1B(O)OC2.O=C(O)c1cccc(S)c1O.O=C1c2ccccc2C(=O)N1CBr.O=Cc1cccc(S)c1O.O=Cc1cccc(SCN2C(=O)c3ccccc3C2=O)c1O.OCc1cccc(S)c1O.[B]C1CCCO1.[O]=[Mn]=[O]. The molecule has 8 heterocycles. The molecule has 0 bridgehead atoms. The number of rotatable bonds is 16. The van der Waals surface area contributed by atoms with Gasteiger partial charge in [-0.2, -0.15) is 0 Å². The number of phenols is 4. The summed E-state index contributed by atoms with van der Waals surface area (Å²) in [5.74, 6) is -2.90. The molecule has 11 N–H and O–H groups in total. The number of aliphatic carboxylic acids is 1. The number of fused-ring (bicyclic) bond motifs is 6. The number of hydrogen-bond donors (Lipinski definition) is 13. The van der Waals surface area contributed by atoms with Gasteiger partial charge in [0.05, 0.1) is 101 Å². The summed E-state index contributed by atoms with van der Waals surface area (Å²) in [4.78, 5) is 144. The summed E-state index contributed by atoms with van der Waals surface area (Å²) in [6.07, 6.45) is 4.10. The average Bonchev–Trinajstić information content (AvgIpc) is 1.60. The van der Waals surface area contributed by atoms with Crippen LogP contribution in [0, 0.1) is 0 Å². The number of phenolic OH excluding ortho intramolecular Hbond substituents is 2. The van der Waals surface area contributed by atoms with E-state index in [2.05, 4.69) is 73.7 Å². The molecule has 46 heteroatoms. The number of aliphatic hydroxyl groups excluding tert-OH is 1. The number of para-hydroxylation sites is 6. The third-order valence-electron chi connectivity index (χ3n) is 21.5. The van der Waals surface area contributed by atoms with Gasteiger partial charge in [0.1, 0.15) is 59.8 Å². The zero-order chi connectivity index (χ0) is 109. The Labute approximate surface area is 900 Å². The normalized spacial score (nSPS) is 15.3. The molecule has 2 fully saturated rings. The predicted octanol–water partition coefficient (Wildman–Crippen LogP) is 16.9. The van der Waals surface area contributed by atoms with Crippen LogP contribution in [0.4, 0.5) is 0 Å². The average molecular weight is 2260 g/mol. The number of imide groups is 3. The van der Waals surface area contributed by atoms with Crippen molar-refractivity contribution in [2.24, 2.45) is 5.73 Å². The molecule has 19 rings (SSSR count). The van der Waals surface area contributed by atoms with E-state index in [4.69, 9.17) is 90.0 Å². The Morgan fingerprint density at radius 3 is 1.32 bits per heavy atom. The van der Waals surface area contributed by atoms with Crippen molar-refractivity contribution in [3.05, 3.63) is 297 Å². The Kier molecular flexibility index (Phi) is 46.5. The van der Waals surface area contributed by atoms with Gasteiger partial charge in [0.25, 0.3) is 41.4 Å². The first-order valence-electron chi connectivity index (χ1n) is 43.8. The van der Waals surface area contributed by atoms with Gasteiger partial charge in [-0.15, -0.1) is 61.4 Å². The van der Waals surface area contributed by atoms with Crippen LogP contribution in [0.1, 0.15) is 200 Å². The van der Waals surface area contributed by atoms with Crippen LogP contribution in [0.25, 0.3) is 0 Å². The number of hydrogen-bond acceptors (Lipinski definition) is 35. The van der Waals surface area contributed by atoms with Crippen LogP contribution in [-0.4, -0.2) is 212 Å². The molecule has 8 aliphatic rings. The van der Waals surface area contributed by atoms with Crippen LogP contribution in [0.2, 0.25) is 0 Å². The molecular formula is C101H100B3BrMnN4O29S8. The first kappa shape index (κ1) is 121. The summed E-state index contributed by atoms with van der Waals surface area (Å²) in [6.45, 7) is 18.1. The monoisotopic (exact) mass is 2260 g/mol. The van der Waals surface area contributed by atoms with Gasteiger partial charge in [0.15, 0.2) is 22.4 Å². The molecule has 0 saturated carbocycles. The quantitative estimate of drug-likeness (QED) is 0.00624. The Morgan fingerprint density at radius 1 is 0.503 bits per heavy atom. The second-order valence-corrected chi connectivity index (χ2v) is 41.4. The fraction of sp³-hybridized carbons (Fsp3) is 0.228. The van der Waals surface area contributed by atoms with E-state index in [1.807, 2.05) is 90.1 Å². The molecule has 2 saturated heterocycles. The number of carboxylic acids is 3. The third-order valence-corrected chi connectivity index (χ3v) is 28.2. The summed E-state index contributed by atoms with van der Waals surface area (Å²) in [7, 11) is 3.82. The van der Waals surface area contributed by atoms with Crippen LogP contribution in [0.5, 0.6) is 34.5 Å². The molecule has 0 aliphatic carbocycles. The van der Waals surface area contributed by atoms with Crippen LogP contribution in [0.3, 0.4) is 0 Å². The molecule has 2 radical (unpaired) electrons. The van der Waals surface area contributed by atoms with Crippen molar-refractivity contribution in [2.45, 2.75) is 155 Å². The maximum absolute atomic E-state index is 12.6. The van der Waals surface area contributed by atoms with E-state index in [9.17, 15) is 62.9 Å². The summed E-state index contributed by atoms with van der Waals surface area (Å²) in [5, 5.41) is 80.3. The predicted molar refractivity (Wildman–Crippen MR) is 566 cm³/mol. The van der Waals surface area contributed by atoms with Crippen molar-refractivity contribution < 1.29 is 154 Å². The van der Waals surface area contributed by atoms with E-state index >= 15 is 0 Å². The molecule has 11 aromatic carbocycles. The Hall–Kier alpha value is -11.6. The van der Waals surface area contributed by atoms with E-state index in [0.717, 1.165) is 80.8 Å². The van der Waals surface area contributed by atoms with Gasteiger partial charge in [0, 0.05) is 71.9 Å². The van der Waals surface area contributed by atoms with Gasteiger partial charge in [-0.3, -0.25) is 62.6 Å². The van der Waals surface area contributed by atoms with Gasteiger partial charge < -0.3 is 79.8 Å². The molecule has 0 spiro atoms. The Balaban J connectivity index is 0.000000203. The number of halogens is 1. The molecule has 8 aliphatic heterocycles. The fourth-order valence-corrected chi connectivity index (χ4v) is 19.7. The second-order valence-electron chi connectivity index (χ2n) is 33.0. The maximum atomic E-state index is 12.6. The van der Waals surface area contributed by atoms with Gasteiger partial charge in [-0.25, -0.2) is 9.59 Å². The standard InChI is InChI=1S/C22H22BNO5S.C16H11NO4S.C10H10O3S.C9H6BrNO2.C9H10OS.C8H10BNO2S.C7H6O3S.C7H8O2S.C7H6O2S.C4H7BO.C2H4O2.Mn.2O/c1-21(2)22(3,4)29-23(28-21)18-14(12-25)8-7-11-17(18)30-13-24-19(26)15-9-5-6-10-16(15)20(24)27;18-8-10-4-3-7-13(14(10)19)22-9-17-15(20)11-5-1-2-6-12(11)16(17)21;1-10(2)13-8-6(9(11)12)4-3-5-7(8)14-10;10-5-11-8(12)6-3-1-2-4-7(6)9(11)13;1-9(2)10-7-5-3-4-6-8(7)11-9;10-5-13-7-3-1-2-6-4-12-9(11)8(6)7;8-6-4(7(9)10)2-1-3-5(6)11;2*8-4-5-2-1-3-6(10)7(5)9;5-4-2-1-3-6-4;1-2(3)4;;;/h5-12H,13H2,1-4H3;1-8,19H,9H2;3-5H,1-2H3,(H,11,12);1-4H,5H2;3-6H,1-2H3;1-3,11H,4-5,10H2;1-3,8,11H,(H,9,10);1-3,8-10H,4H2;1-4,9-10H;4H,1-3H2;1H3,(H,3,4);;;. The van der Waals surface area contributed by atoms with Crippen molar-refractivity contribution in [3.63, 3.8) is 0 Å². The van der Waals surface area contributed by atoms with Crippen molar-refractivity contribution in [1.82, 2.24) is 14.7 Å². The number of amides is 6. The van der Waals surface area contributed by atoms with E-state index in [0.29, 0.717) is 95.5 Å². The zero-order valence-corrected chi connectivity index (χ0v) is 89.5. The molecule has 33 nitrogen and oxygen atoms in total. The molecule has 6 amide bonds. The molecule has 147 heavy (non-hydrogen) atoms. The van der Waals surface area contributed by atoms with E-state index < -0.39 is 58.2 Å². The fourth-order valence-electron chi connectivity index (χ4n) is 13.8. The van der Waals surface area contributed by atoms with E-state index in [1.165, 1.54) is 80.3 Å². The number of aromatic hydroxyl groups is 4. The number of carboxylic acid groups (broad SMARTS) is 3. The topological polar surface area (TPSA) is 512 Å². The third kappa shape index (κ3) is 32.7. The minimum absolute atomic E-state index is 0.0463. The number of thiol groups is 3. The summed E-state index contributed by atoms with van der Waals surface area (Å²) >= 11 is 20.6.